The Bertz CT molecular complexity index is 684. The van der Waals surface area contributed by atoms with Gasteiger partial charge in [0.15, 0.2) is 0 Å². The lowest BCUT2D eigenvalue weighted by molar-refractivity contribution is 0.0487. The molecule has 1 fully saturated rings. The highest BCUT2D eigenvalue weighted by atomic mass is 16.6. The number of benzene rings is 1. The average Bonchev–Trinajstić information content (AvgIpc) is 2.54. The maximum atomic E-state index is 11.9. The number of carbonyl (C=O) groups is 1. The Labute approximate surface area is 143 Å². The molecule has 126 valence electrons. The summed E-state index contributed by atoms with van der Waals surface area (Å²) in [6.07, 6.45) is 2.18. The predicted octanol–water partition coefficient (Wildman–Crippen LogP) is 3.79. The van der Waals surface area contributed by atoms with E-state index in [1.54, 1.807) is 6.07 Å². The van der Waals surface area contributed by atoms with Gasteiger partial charge in [-0.25, -0.2) is 4.79 Å². The molecule has 0 radical (unpaired) electrons. The summed E-state index contributed by atoms with van der Waals surface area (Å²) < 4.78 is 5.28. The average molecular weight is 325 g/mol. The molecule has 1 saturated carbocycles. The summed E-state index contributed by atoms with van der Waals surface area (Å²) in [5.41, 5.74) is 0.169. The molecule has 5 nitrogen and oxygen atoms in total. The highest BCUT2D eigenvalue weighted by Crippen LogP contribution is 2.40. The third kappa shape index (κ3) is 4.06. The number of rotatable bonds is 2. The van der Waals surface area contributed by atoms with Crippen LogP contribution in [-0.4, -0.2) is 17.7 Å². The SMILES string of the molecule is CC(C)(C)OC(=O)NC1CCC(C#N)(c2ccccc2C#N)CC1. The van der Waals surface area contributed by atoms with Gasteiger partial charge in [-0.15, -0.1) is 0 Å². The molecule has 0 unspecified atom stereocenters. The fourth-order valence-electron chi connectivity index (χ4n) is 3.17. The highest BCUT2D eigenvalue weighted by molar-refractivity contribution is 5.68. The van der Waals surface area contributed by atoms with E-state index in [1.165, 1.54) is 0 Å². The van der Waals surface area contributed by atoms with Crippen molar-refractivity contribution in [3.05, 3.63) is 35.4 Å². The van der Waals surface area contributed by atoms with Crippen molar-refractivity contribution in [3.63, 3.8) is 0 Å². The molecule has 1 amide bonds. The molecule has 1 aliphatic rings. The topological polar surface area (TPSA) is 85.9 Å². The maximum Gasteiger partial charge on any atom is 0.407 e. The third-order valence-electron chi connectivity index (χ3n) is 4.34. The van der Waals surface area contributed by atoms with Crippen molar-refractivity contribution in [2.75, 3.05) is 0 Å². The van der Waals surface area contributed by atoms with Gasteiger partial charge in [-0.3, -0.25) is 0 Å². The third-order valence-corrected chi connectivity index (χ3v) is 4.34. The number of nitriles is 2. The highest BCUT2D eigenvalue weighted by Gasteiger charge is 2.39. The van der Waals surface area contributed by atoms with Crippen molar-refractivity contribution < 1.29 is 9.53 Å². The molecule has 24 heavy (non-hydrogen) atoms. The normalized spacial score (nSPS) is 23.6. The van der Waals surface area contributed by atoms with Crippen LogP contribution < -0.4 is 5.32 Å². The zero-order valence-electron chi connectivity index (χ0n) is 14.4. The molecule has 0 atom stereocenters. The van der Waals surface area contributed by atoms with E-state index in [4.69, 9.17) is 4.74 Å². The summed E-state index contributed by atoms with van der Waals surface area (Å²) in [5, 5.41) is 22.0. The molecule has 5 heteroatoms. The van der Waals surface area contributed by atoms with E-state index in [0.29, 0.717) is 31.2 Å². The Kier molecular flexibility index (Phi) is 5.14. The van der Waals surface area contributed by atoms with Crippen molar-refractivity contribution in [2.24, 2.45) is 0 Å². The first-order chi connectivity index (χ1) is 11.3. The minimum Gasteiger partial charge on any atom is -0.444 e. The smallest absolute Gasteiger partial charge is 0.407 e. The van der Waals surface area contributed by atoms with Gasteiger partial charge in [0.05, 0.1) is 23.1 Å². The van der Waals surface area contributed by atoms with Crippen LogP contribution in [0.2, 0.25) is 0 Å². The van der Waals surface area contributed by atoms with Gasteiger partial charge in [0.2, 0.25) is 0 Å². The first kappa shape index (κ1) is 17.8. The van der Waals surface area contributed by atoms with Crippen LogP contribution in [0.1, 0.15) is 57.6 Å². The van der Waals surface area contributed by atoms with E-state index in [1.807, 2.05) is 39.0 Å². The summed E-state index contributed by atoms with van der Waals surface area (Å²) in [5.74, 6) is 0. The van der Waals surface area contributed by atoms with Crippen LogP contribution in [0.3, 0.4) is 0 Å². The Morgan fingerprint density at radius 1 is 1.25 bits per heavy atom. The number of carbonyl (C=O) groups excluding carboxylic acids is 1. The Morgan fingerprint density at radius 3 is 2.42 bits per heavy atom. The lowest BCUT2D eigenvalue weighted by atomic mass is 9.68. The first-order valence-electron chi connectivity index (χ1n) is 8.20. The van der Waals surface area contributed by atoms with Crippen molar-refractivity contribution >= 4 is 6.09 Å². The molecule has 2 rings (SSSR count). The van der Waals surface area contributed by atoms with E-state index >= 15 is 0 Å². The minimum absolute atomic E-state index is 0.00410. The lowest BCUT2D eigenvalue weighted by Gasteiger charge is -2.36. The van der Waals surface area contributed by atoms with Gasteiger partial charge >= 0.3 is 6.09 Å². The van der Waals surface area contributed by atoms with E-state index in [-0.39, 0.29) is 6.04 Å². The molecule has 1 aromatic carbocycles. The quantitative estimate of drug-likeness (QED) is 0.896. The van der Waals surface area contributed by atoms with Crippen LogP contribution in [0.5, 0.6) is 0 Å². The molecular weight excluding hydrogens is 302 g/mol. The largest absolute Gasteiger partial charge is 0.444 e. The summed E-state index contributed by atoms with van der Waals surface area (Å²) in [7, 11) is 0. The van der Waals surface area contributed by atoms with Crippen molar-refractivity contribution in [1.82, 2.24) is 5.32 Å². The number of amides is 1. The Morgan fingerprint density at radius 2 is 1.88 bits per heavy atom. The van der Waals surface area contributed by atoms with Gasteiger partial charge in [0.1, 0.15) is 5.60 Å². The molecular formula is C19H23N3O2. The number of hydrogen-bond donors (Lipinski definition) is 1. The molecule has 0 bridgehead atoms. The first-order valence-corrected chi connectivity index (χ1v) is 8.20. The predicted molar refractivity (Wildman–Crippen MR) is 90.1 cm³/mol. The minimum atomic E-state index is -0.654. The number of nitrogens with zero attached hydrogens (tertiary/aromatic N) is 2. The number of ether oxygens (including phenoxy) is 1. The van der Waals surface area contributed by atoms with Gasteiger partial charge in [-0.05, 0) is 58.1 Å². The molecule has 0 spiro atoms. The second-order valence-electron chi connectivity index (χ2n) is 7.27. The van der Waals surface area contributed by atoms with E-state index in [0.717, 1.165) is 5.56 Å². The van der Waals surface area contributed by atoms with Crippen LogP contribution in [0, 0.1) is 22.7 Å². The molecule has 0 heterocycles. The van der Waals surface area contributed by atoms with Gasteiger partial charge in [-0.1, -0.05) is 18.2 Å². The monoisotopic (exact) mass is 325 g/mol. The summed E-state index contributed by atoms with van der Waals surface area (Å²) in [6.45, 7) is 5.48. The maximum absolute atomic E-state index is 11.9. The van der Waals surface area contributed by atoms with Crippen LogP contribution in [0.25, 0.3) is 0 Å². The Balaban J connectivity index is 2.06. The Hall–Kier alpha value is -2.53. The van der Waals surface area contributed by atoms with Crippen molar-refractivity contribution in [1.29, 1.82) is 10.5 Å². The van der Waals surface area contributed by atoms with Crippen LogP contribution in [0.4, 0.5) is 4.79 Å². The van der Waals surface area contributed by atoms with Gasteiger partial charge in [0, 0.05) is 6.04 Å². The molecule has 0 saturated heterocycles. The summed E-state index contributed by atoms with van der Waals surface area (Å²) in [6, 6.07) is 11.9. The molecule has 1 aromatic rings. The second kappa shape index (κ2) is 6.93. The van der Waals surface area contributed by atoms with Crippen molar-refractivity contribution in [2.45, 2.75) is 63.5 Å². The molecule has 1 aliphatic carbocycles. The molecule has 1 N–H and O–H groups in total. The number of alkyl carbamates (subject to hydrolysis) is 1. The van der Waals surface area contributed by atoms with Gasteiger partial charge in [0.25, 0.3) is 0 Å². The summed E-state index contributed by atoms with van der Waals surface area (Å²) in [4.78, 5) is 11.9. The van der Waals surface area contributed by atoms with Crippen LogP contribution in [-0.2, 0) is 10.2 Å². The van der Waals surface area contributed by atoms with E-state index in [2.05, 4.69) is 17.5 Å². The van der Waals surface area contributed by atoms with E-state index in [9.17, 15) is 15.3 Å². The zero-order chi connectivity index (χ0) is 17.8. The van der Waals surface area contributed by atoms with Gasteiger partial charge in [-0.2, -0.15) is 10.5 Å². The lowest BCUT2D eigenvalue weighted by Crippen LogP contribution is -2.43. The zero-order valence-corrected chi connectivity index (χ0v) is 14.4. The molecule has 0 aliphatic heterocycles. The fourth-order valence-corrected chi connectivity index (χ4v) is 3.17. The standard InChI is InChI=1S/C19H23N3O2/c1-18(2,3)24-17(23)22-15-8-10-19(13-21,11-9-15)16-7-5-4-6-14(16)12-20/h4-7,15H,8-11H2,1-3H3,(H,22,23). The number of nitrogens with one attached hydrogen (secondary N) is 1. The molecule has 0 aromatic heterocycles. The second-order valence-corrected chi connectivity index (χ2v) is 7.27. The number of hydrogen-bond acceptors (Lipinski definition) is 4. The van der Waals surface area contributed by atoms with E-state index < -0.39 is 17.1 Å². The van der Waals surface area contributed by atoms with Gasteiger partial charge < -0.3 is 10.1 Å². The fraction of sp³-hybridized carbons (Fsp3) is 0.526. The van der Waals surface area contributed by atoms with Crippen LogP contribution >= 0.6 is 0 Å². The van der Waals surface area contributed by atoms with Crippen molar-refractivity contribution in [3.8, 4) is 12.1 Å². The van der Waals surface area contributed by atoms with Crippen LogP contribution in [0.15, 0.2) is 24.3 Å². The summed E-state index contributed by atoms with van der Waals surface area (Å²) >= 11 is 0.